The van der Waals surface area contributed by atoms with E-state index in [1.54, 1.807) is 18.2 Å². The second-order valence-electron chi connectivity index (χ2n) is 6.61. The molecule has 0 spiro atoms. The van der Waals surface area contributed by atoms with Gasteiger partial charge in [-0.15, -0.1) is 0 Å². The summed E-state index contributed by atoms with van der Waals surface area (Å²) in [5.74, 6) is -1.40. The lowest BCUT2D eigenvalue weighted by Crippen LogP contribution is -2.36. The number of rotatable bonds is 3. The fraction of sp³-hybridized carbons (Fsp3) is 0.316. The monoisotopic (exact) mass is 421 g/mol. The Morgan fingerprint density at radius 2 is 1.79 bits per heavy atom. The highest BCUT2D eigenvalue weighted by Crippen LogP contribution is 2.45. The van der Waals surface area contributed by atoms with Gasteiger partial charge < -0.3 is 4.84 Å². The largest absolute Gasteiger partial charge is 0.416 e. The second-order valence-corrected chi connectivity index (χ2v) is 7.02. The molecule has 0 fully saturated rings. The third-order valence-corrected chi connectivity index (χ3v) is 5.03. The summed E-state index contributed by atoms with van der Waals surface area (Å²) in [7, 11) is 0. The molecule has 2 aromatic carbocycles. The summed E-state index contributed by atoms with van der Waals surface area (Å²) in [5, 5.41) is 2.71. The van der Waals surface area contributed by atoms with Gasteiger partial charge in [0.2, 0.25) is 5.60 Å². The molecular weight excluding hydrogens is 408 g/mol. The molecule has 150 valence electrons. The van der Waals surface area contributed by atoms with Gasteiger partial charge in [-0.05, 0) is 48.7 Å². The summed E-state index contributed by atoms with van der Waals surface area (Å²) in [6.07, 6.45) is -8.86. The zero-order chi connectivity index (χ0) is 20.9. The first-order chi connectivity index (χ1) is 13.0. The summed E-state index contributed by atoms with van der Waals surface area (Å²) < 4.78 is 81.7. The smallest absolute Gasteiger partial charge is 0.377 e. The molecular formula is C19H14ClF6NO. The van der Waals surface area contributed by atoms with E-state index in [0.717, 1.165) is 11.1 Å². The summed E-state index contributed by atoms with van der Waals surface area (Å²) >= 11 is 5.55. The standard InChI is InChI=1S/C19H14ClF6NO/c1-9-3-4-11(5-10(9)2)15-8-18(17(22)23,28-27-15)13-6-12(19(24,25)26)7-14(20)16(13)21/h3-7,17H,8H2,1-2H3. The van der Waals surface area contributed by atoms with E-state index in [0.29, 0.717) is 17.7 Å². The number of alkyl halides is 5. The van der Waals surface area contributed by atoms with Crippen molar-refractivity contribution in [2.75, 3.05) is 0 Å². The average Bonchev–Trinajstić information content (AvgIpc) is 3.05. The maximum atomic E-state index is 14.5. The van der Waals surface area contributed by atoms with Crippen molar-refractivity contribution >= 4 is 17.3 Å². The second kappa shape index (κ2) is 6.99. The number of aryl methyl sites for hydroxylation is 2. The lowest BCUT2D eigenvalue weighted by Gasteiger charge is -2.27. The summed E-state index contributed by atoms with van der Waals surface area (Å²) in [6, 6.07) is 5.71. The maximum absolute atomic E-state index is 14.5. The molecule has 0 saturated carbocycles. The van der Waals surface area contributed by atoms with Gasteiger partial charge in [0.05, 0.1) is 16.3 Å². The Hall–Kier alpha value is -2.22. The van der Waals surface area contributed by atoms with Gasteiger partial charge in [0.15, 0.2) is 0 Å². The highest BCUT2D eigenvalue weighted by molar-refractivity contribution is 6.30. The van der Waals surface area contributed by atoms with Crippen LogP contribution in [0.3, 0.4) is 0 Å². The summed E-state index contributed by atoms with van der Waals surface area (Å²) in [4.78, 5) is 4.90. The third-order valence-electron chi connectivity index (χ3n) is 4.75. The van der Waals surface area contributed by atoms with Crippen molar-refractivity contribution < 1.29 is 31.2 Å². The van der Waals surface area contributed by atoms with E-state index in [2.05, 4.69) is 5.16 Å². The van der Waals surface area contributed by atoms with Crippen LogP contribution in [0.2, 0.25) is 5.02 Å². The minimum atomic E-state index is -4.90. The Morgan fingerprint density at radius 3 is 2.36 bits per heavy atom. The summed E-state index contributed by atoms with van der Waals surface area (Å²) in [6.45, 7) is 3.66. The Balaban J connectivity index is 2.09. The molecule has 1 unspecified atom stereocenters. The van der Waals surface area contributed by atoms with Crippen molar-refractivity contribution in [3.63, 3.8) is 0 Å². The number of hydrogen-bond acceptors (Lipinski definition) is 2. The van der Waals surface area contributed by atoms with E-state index in [4.69, 9.17) is 16.4 Å². The van der Waals surface area contributed by atoms with Crippen molar-refractivity contribution in [1.29, 1.82) is 0 Å². The molecule has 1 aliphatic rings. The molecule has 2 nitrogen and oxygen atoms in total. The summed E-state index contributed by atoms with van der Waals surface area (Å²) in [5.41, 5.74) is -2.67. The zero-order valence-electron chi connectivity index (χ0n) is 14.7. The Labute approximate surface area is 161 Å². The molecule has 9 heteroatoms. The quantitative estimate of drug-likeness (QED) is 0.525. The first-order valence-electron chi connectivity index (χ1n) is 8.13. The van der Waals surface area contributed by atoms with Gasteiger partial charge in [0.1, 0.15) is 5.82 Å². The van der Waals surface area contributed by atoms with Crippen molar-refractivity contribution in [2.24, 2.45) is 5.16 Å². The molecule has 0 bridgehead atoms. The lowest BCUT2D eigenvalue weighted by atomic mass is 9.86. The van der Waals surface area contributed by atoms with Gasteiger partial charge in [-0.25, -0.2) is 13.2 Å². The number of oxime groups is 1. The minimum Gasteiger partial charge on any atom is -0.377 e. The van der Waals surface area contributed by atoms with Crippen LogP contribution in [-0.4, -0.2) is 12.1 Å². The molecule has 0 radical (unpaired) electrons. The van der Waals surface area contributed by atoms with Crippen molar-refractivity contribution in [1.82, 2.24) is 0 Å². The van der Waals surface area contributed by atoms with Crippen LogP contribution in [0.5, 0.6) is 0 Å². The molecule has 1 heterocycles. The molecule has 1 aliphatic heterocycles. The van der Waals surface area contributed by atoms with Gasteiger partial charge in [-0.3, -0.25) is 0 Å². The van der Waals surface area contributed by atoms with Crippen molar-refractivity contribution in [3.8, 4) is 0 Å². The van der Waals surface area contributed by atoms with Gasteiger partial charge in [-0.2, -0.15) is 13.2 Å². The van der Waals surface area contributed by atoms with Crippen LogP contribution in [-0.2, 0) is 16.6 Å². The number of hydrogen-bond donors (Lipinski definition) is 0. The van der Waals surface area contributed by atoms with Crippen LogP contribution in [0.1, 0.15) is 34.2 Å². The minimum absolute atomic E-state index is 0.0799. The van der Waals surface area contributed by atoms with E-state index in [1.165, 1.54) is 0 Å². The van der Waals surface area contributed by atoms with E-state index < -0.39 is 46.6 Å². The highest BCUT2D eigenvalue weighted by atomic mass is 35.5. The van der Waals surface area contributed by atoms with Crippen LogP contribution in [0.25, 0.3) is 0 Å². The number of benzene rings is 2. The van der Waals surface area contributed by atoms with Crippen molar-refractivity contribution in [2.45, 2.75) is 38.5 Å². The van der Waals surface area contributed by atoms with E-state index >= 15 is 0 Å². The predicted octanol–water partition coefficient (Wildman–Crippen LogP) is 6.40. The Kier molecular flexibility index (Phi) is 5.12. The molecule has 1 atom stereocenters. The van der Waals surface area contributed by atoms with Crippen LogP contribution in [0.4, 0.5) is 26.3 Å². The molecule has 0 saturated heterocycles. The van der Waals surface area contributed by atoms with Crippen LogP contribution < -0.4 is 0 Å². The van der Waals surface area contributed by atoms with Crippen LogP contribution in [0.15, 0.2) is 35.5 Å². The molecule has 0 N–H and O–H groups in total. The Bertz CT molecular complexity index is 956. The fourth-order valence-electron chi connectivity index (χ4n) is 2.97. The molecule has 2 aromatic rings. The average molecular weight is 422 g/mol. The first kappa shape index (κ1) is 20.5. The topological polar surface area (TPSA) is 21.6 Å². The van der Waals surface area contributed by atoms with Gasteiger partial charge >= 0.3 is 6.18 Å². The van der Waals surface area contributed by atoms with E-state index in [-0.39, 0.29) is 5.71 Å². The predicted molar refractivity (Wildman–Crippen MR) is 92.2 cm³/mol. The zero-order valence-corrected chi connectivity index (χ0v) is 15.4. The van der Waals surface area contributed by atoms with Crippen molar-refractivity contribution in [3.05, 3.63) is 69.0 Å². The van der Waals surface area contributed by atoms with Gasteiger partial charge in [0, 0.05) is 12.0 Å². The van der Waals surface area contributed by atoms with Crippen LogP contribution in [0, 0.1) is 19.7 Å². The molecule has 0 aromatic heterocycles. The molecule has 28 heavy (non-hydrogen) atoms. The van der Waals surface area contributed by atoms with E-state index in [9.17, 15) is 26.3 Å². The molecule has 0 aliphatic carbocycles. The molecule has 0 amide bonds. The highest BCUT2D eigenvalue weighted by Gasteiger charge is 2.52. The van der Waals surface area contributed by atoms with Gasteiger partial charge in [0.25, 0.3) is 6.43 Å². The van der Waals surface area contributed by atoms with Crippen LogP contribution >= 0.6 is 11.6 Å². The number of halogens is 7. The molecule has 3 rings (SSSR count). The normalized spacial score (nSPS) is 19.7. The Morgan fingerprint density at radius 1 is 1.11 bits per heavy atom. The van der Waals surface area contributed by atoms with E-state index in [1.807, 2.05) is 13.8 Å². The SMILES string of the molecule is Cc1ccc(C2=NOC(c3cc(C(F)(F)F)cc(Cl)c3F)(C(F)F)C2)cc1C. The maximum Gasteiger partial charge on any atom is 0.416 e. The fourth-order valence-corrected chi connectivity index (χ4v) is 3.18. The number of nitrogens with zero attached hydrogens (tertiary/aromatic N) is 1. The van der Waals surface area contributed by atoms with Gasteiger partial charge in [-0.1, -0.05) is 28.9 Å². The third kappa shape index (κ3) is 3.45. The first-order valence-corrected chi connectivity index (χ1v) is 8.51. The lowest BCUT2D eigenvalue weighted by molar-refractivity contribution is -0.140.